The number of nitrogens with zero attached hydrogens (tertiary/aromatic N) is 1. The van der Waals surface area contributed by atoms with Crippen LogP contribution < -0.4 is 0 Å². The van der Waals surface area contributed by atoms with Crippen molar-refractivity contribution in [3.63, 3.8) is 0 Å². The molecule has 0 fully saturated rings. The molecule has 3 aromatic carbocycles. The van der Waals surface area contributed by atoms with Crippen LogP contribution in [0.3, 0.4) is 0 Å². The largest absolute Gasteiger partial charge is 0.309 e. The Hall–Kier alpha value is -2.54. The SMILES string of the molecule is CC(C)Cc1cccc(-n2c3ccccc3c3ccccc32)c1. The van der Waals surface area contributed by atoms with Gasteiger partial charge in [-0.3, -0.25) is 0 Å². The highest BCUT2D eigenvalue weighted by atomic mass is 15.0. The molecule has 0 amide bonds. The van der Waals surface area contributed by atoms with Crippen molar-refractivity contribution in [3.8, 4) is 5.69 Å². The van der Waals surface area contributed by atoms with E-state index >= 15 is 0 Å². The van der Waals surface area contributed by atoms with Gasteiger partial charge >= 0.3 is 0 Å². The Morgan fingerprint density at radius 3 is 1.96 bits per heavy atom. The molecule has 114 valence electrons. The van der Waals surface area contributed by atoms with Gasteiger partial charge in [-0.05, 0) is 42.2 Å². The number of para-hydroxylation sites is 2. The van der Waals surface area contributed by atoms with Gasteiger partial charge in [-0.25, -0.2) is 0 Å². The fraction of sp³-hybridized carbons (Fsp3) is 0.182. The topological polar surface area (TPSA) is 4.93 Å². The van der Waals surface area contributed by atoms with Gasteiger partial charge in [-0.1, -0.05) is 62.4 Å². The van der Waals surface area contributed by atoms with Gasteiger partial charge < -0.3 is 4.57 Å². The van der Waals surface area contributed by atoms with Crippen LogP contribution in [0.4, 0.5) is 0 Å². The van der Waals surface area contributed by atoms with E-state index in [0.717, 1.165) is 6.42 Å². The van der Waals surface area contributed by atoms with E-state index in [-0.39, 0.29) is 0 Å². The summed E-state index contributed by atoms with van der Waals surface area (Å²) < 4.78 is 2.38. The molecule has 4 rings (SSSR count). The molecule has 0 spiro atoms. The van der Waals surface area contributed by atoms with Crippen LogP contribution in [0.2, 0.25) is 0 Å². The first kappa shape index (κ1) is 14.1. The predicted octanol–water partition coefficient (Wildman–Crippen LogP) is 5.98. The summed E-state index contributed by atoms with van der Waals surface area (Å²) in [6.07, 6.45) is 1.12. The predicted molar refractivity (Wildman–Crippen MR) is 99.3 cm³/mol. The van der Waals surface area contributed by atoms with Gasteiger partial charge in [0.05, 0.1) is 11.0 Å². The second kappa shape index (κ2) is 5.58. The highest BCUT2D eigenvalue weighted by molar-refractivity contribution is 6.09. The monoisotopic (exact) mass is 299 g/mol. The minimum atomic E-state index is 0.670. The van der Waals surface area contributed by atoms with Gasteiger partial charge in [-0.2, -0.15) is 0 Å². The number of rotatable bonds is 3. The standard InChI is InChI=1S/C22H21N/c1-16(2)14-17-8-7-9-18(15-17)23-21-12-5-3-10-19(21)20-11-4-6-13-22(20)23/h3-13,15-16H,14H2,1-2H3. The fourth-order valence-corrected chi connectivity index (χ4v) is 3.49. The molecule has 0 aliphatic rings. The Morgan fingerprint density at radius 2 is 1.35 bits per heavy atom. The summed E-state index contributed by atoms with van der Waals surface area (Å²) in [5, 5.41) is 2.63. The minimum absolute atomic E-state index is 0.670. The Bertz CT molecular complexity index is 922. The van der Waals surface area contributed by atoms with Gasteiger partial charge in [0.2, 0.25) is 0 Å². The number of aromatic nitrogens is 1. The van der Waals surface area contributed by atoms with Gasteiger partial charge in [0, 0.05) is 16.5 Å². The third-order valence-electron chi connectivity index (χ3n) is 4.39. The molecule has 1 aromatic heterocycles. The lowest BCUT2D eigenvalue weighted by Gasteiger charge is -2.11. The highest BCUT2D eigenvalue weighted by Gasteiger charge is 2.11. The van der Waals surface area contributed by atoms with E-state index in [2.05, 4.69) is 91.2 Å². The van der Waals surface area contributed by atoms with Crippen molar-refractivity contribution >= 4 is 21.8 Å². The summed E-state index contributed by atoms with van der Waals surface area (Å²) in [6.45, 7) is 4.54. The average molecular weight is 299 g/mol. The molecule has 23 heavy (non-hydrogen) atoms. The molecule has 0 saturated carbocycles. The van der Waals surface area contributed by atoms with Gasteiger partial charge in [0.1, 0.15) is 0 Å². The van der Waals surface area contributed by atoms with Crippen LogP contribution >= 0.6 is 0 Å². The van der Waals surface area contributed by atoms with Crippen LogP contribution in [0, 0.1) is 5.92 Å². The zero-order chi connectivity index (χ0) is 15.8. The van der Waals surface area contributed by atoms with Crippen LogP contribution in [0.25, 0.3) is 27.5 Å². The maximum Gasteiger partial charge on any atom is 0.0541 e. The highest BCUT2D eigenvalue weighted by Crippen LogP contribution is 2.31. The van der Waals surface area contributed by atoms with Crippen molar-refractivity contribution in [1.29, 1.82) is 0 Å². The Balaban J connectivity index is 2.01. The number of fused-ring (bicyclic) bond motifs is 3. The van der Waals surface area contributed by atoms with Crippen molar-refractivity contribution in [3.05, 3.63) is 78.4 Å². The molecule has 0 bridgehead atoms. The van der Waals surface area contributed by atoms with Crippen LogP contribution in [-0.2, 0) is 6.42 Å². The summed E-state index contributed by atoms with van der Waals surface area (Å²) in [7, 11) is 0. The summed E-state index contributed by atoms with van der Waals surface area (Å²) in [4.78, 5) is 0. The Kier molecular flexibility index (Phi) is 3.42. The lowest BCUT2D eigenvalue weighted by Crippen LogP contribution is -1.98. The van der Waals surface area contributed by atoms with Crippen molar-refractivity contribution in [2.24, 2.45) is 5.92 Å². The van der Waals surface area contributed by atoms with E-state index in [1.165, 1.54) is 33.1 Å². The third kappa shape index (κ3) is 2.43. The molecule has 4 aromatic rings. The van der Waals surface area contributed by atoms with Gasteiger partial charge in [-0.15, -0.1) is 0 Å². The summed E-state index contributed by atoms with van der Waals surface area (Å²) in [5.74, 6) is 0.670. The minimum Gasteiger partial charge on any atom is -0.309 e. The van der Waals surface area contributed by atoms with Crippen LogP contribution in [0.1, 0.15) is 19.4 Å². The first-order valence-electron chi connectivity index (χ1n) is 8.31. The Morgan fingerprint density at radius 1 is 0.739 bits per heavy atom. The lowest BCUT2D eigenvalue weighted by atomic mass is 10.0. The van der Waals surface area contributed by atoms with Crippen molar-refractivity contribution in [2.45, 2.75) is 20.3 Å². The van der Waals surface area contributed by atoms with E-state index in [1.54, 1.807) is 0 Å². The van der Waals surface area contributed by atoms with Crippen LogP contribution in [-0.4, -0.2) is 4.57 Å². The maximum absolute atomic E-state index is 2.38. The smallest absolute Gasteiger partial charge is 0.0541 e. The molecule has 0 radical (unpaired) electrons. The number of benzene rings is 3. The zero-order valence-electron chi connectivity index (χ0n) is 13.7. The van der Waals surface area contributed by atoms with Crippen molar-refractivity contribution < 1.29 is 0 Å². The maximum atomic E-state index is 2.38. The van der Waals surface area contributed by atoms with Crippen LogP contribution in [0.15, 0.2) is 72.8 Å². The zero-order valence-corrected chi connectivity index (χ0v) is 13.7. The van der Waals surface area contributed by atoms with Gasteiger partial charge in [0.15, 0.2) is 0 Å². The average Bonchev–Trinajstić information content (AvgIpc) is 2.89. The quantitative estimate of drug-likeness (QED) is 0.438. The molecule has 0 atom stereocenters. The fourth-order valence-electron chi connectivity index (χ4n) is 3.49. The first-order chi connectivity index (χ1) is 11.2. The first-order valence-corrected chi connectivity index (χ1v) is 8.31. The summed E-state index contributed by atoms with van der Waals surface area (Å²) in [6, 6.07) is 26.3. The third-order valence-corrected chi connectivity index (χ3v) is 4.39. The number of hydrogen-bond donors (Lipinski definition) is 0. The molecular formula is C22H21N. The molecule has 1 heterocycles. The molecule has 0 N–H and O–H groups in total. The van der Waals surface area contributed by atoms with Crippen LogP contribution in [0.5, 0.6) is 0 Å². The van der Waals surface area contributed by atoms with Crippen molar-refractivity contribution in [1.82, 2.24) is 4.57 Å². The summed E-state index contributed by atoms with van der Waals surface area (Å²) in [5.41, 5.74) is 5.20. The van der Waals surface area contributed by atoms with E-state index in [4.69, 9.17) is 0 Å². The van der Waals surface area contributed by atoms with E-state index in [1.807, 2.05) is 0 Å². The van der Waals surface area contributed by atoms with E-state index in [9.17, 15) is 0 Å². The van der Waals surface area contributed by atoms with E-state index in [0.29, 0.717) is 5.92 Å². The molecule has 0 aliphatic heterocycles. The molecule has 1 nitrogen and oxygen atoms in total. The molecule has 0 saturated heterocycles. The second-order valence-electron chi connectivity index (χ2n) is 6.64. The van der Waals surface area contributed by atoms with E-state index < -0.39 is 0 Å². The molecular weight excluding hydrogens is 278 g/mol. The second-order valence-corrected chi connectivity index (χ2v) is 6.64. The lowest BCUT2D eigenvalue weighted by molar-refractivity contribution is 0.647. The normalized spacial score (nSPS) is 11.6. The molecule has 0 aliphatic carbocycles. The summed E-state index contributed by atoms with van der Waals surface area (Å²) >= 11 is 0. The Labute approximate surface area is 137 Å². The van der Waals surface area contributed by atoms with Crippen molar-refractivity contribution in [2.75, 3.05) is 0 Å². The van der Waals surface area contributed by atoms with Gasteiger partial charge in [0.25, 0.3) is 0 Å². The molecule has 1 heteroatoms. The number of hydrogen-bond acceptors (Lipinski definition) is 0. The molecule has 0 unspecified atom stereocenters.